The van der Waals surface area contributed by atoms with Crippen molar-refractivity contribution in [3.05, 3.63) is 91.0 Å². The predicted molar refractivity (Wildman–Crippen MR) is 140 cm³/mol. The van der Waals surface area contributed by atoms with Crippen LogP contribution in [0.2, 0.25) is 0 Å². The van der Waals surface area contributed by atoms with Crippen LogP contribution in [-0.2, 0) is 19.6 Å². The highest BCUT2D eigenvalue weighted by molar-refractivity contribution is 7.94. The molecule has 1 N–H and O–H groups in total. The molecule has 0 unspecified atom stereocenters. The van der Waals surface area contributed by atoms with Gasteiger partial charge in [-0.15, -0.1) is 0 Å². The van der Waals surface area contributed by atoms with E-state index in [9.17, 15) is 22.8 Å². The Balaban J connectivity index is 0.000000580. The predicted octanol–water partition coefficient (Wildman–Crippen LogP) is 4.07. The van der Waals surface area contributed by atoms with Crippen LogP contribution in [-0.4, -0.2) is 48.7 Å². The molecule has 0 aliphatic heterocycles. The summed E-state index contributed by atoms with van der Waals surface area (Å²) >= 11 is 0. The van der Waals surface area contributed by atoms with Crippen LogP contribution in [0, 0.1) is 0 Å². The molecule has 0 bridgehead atoms. The average Bonchev–Trinajstić information content (AvgIpc) is 2.90. The topological polar surface area (TPSA) is 125 Å². The van der Waals surface area contributed by atoms with Crippen LogP contribution in [0.25, 0.3) is 0 Å². The number of nitrogens with one attached hydrogen (secondary N) is 1. The van der Waals surface area contributed by atoms with Crippen LogP contribution in [0.3, 0.4) is 0 Å². The molecule has 0 atom stereocenters. The highest BCUT2D eigenvalue weighted by Gasteiger charge is 2.56. The molecule has 3 rings (SSSR count). The van der Waals surface area contributed by atoms with Crippen LogP contribution in [0.15, 0.2) is 91.0 Å². The van der Waals surface area contributed by atoms with Gasteiger partial charge in [-0.1, -0.05) is 59.4 Å². The molecule has 0 saturated carbocycles. The molecule has 39 heavy (non-hydrogen) atoms. The van der Waals surface area contributed by atoms with Crippen LogP contribution in [0.1, 0.15) is 13.8 Å². The zero-order valence-corrected chi connectivity index (χ0v) is 22.6. The normalized spacial score (nSPS) is 11.4. The number of hydrogen-bond acceptors (Lipinski definition) is 7. The van der Waals surface area contributed by atoms with Gasteiger partial charge in [0.1, 0.15) is 15.9 Å². The van der Waals surface area contributed by atoms with E-state index in [0.717, 1.165) is 15.9 Å². The van der Waals surface area contributed by atoms with Gasteiger partial charge in [-0.25, -0.2) is 18.0 Å². The lowest BCUT2D eigenvalue weighted by Gasteiger charge is -2.34. The number of alkyl halides is 3. The Morgan fingerprint density at radius 2 is 1.13 bits per heavy atom. The van der Waals surface area contributed by atoms with Gasteiger partial charge >= 0.3 is 17.7 Å². The lowest BCUT2D eigenvalue weighted by Crippen LogP contribution is -2.54. The van der Waals surface area contributed by atoms with Crippen molar-refractivity contribution < 1.29 is 45.2 Å². The van der Waals surface area contributed by atoms with E-state index in [1.54, 1.807) is 13.8 Å². The van der Waals surface area contributed by atoms with Crippen molar-refractivity contribution in [1.29, 1.82) is 0 Å². The number of nitrogens with zero attached hydrogens (tertiary/aromatic N) is 1. The maximum Gasteiger partial charge on any atom is 0.485 e. The highest BCUT2D eigenvalue weighted by atomic mass is 32.2. The number of amides is 2. The van der Waals surface area contributed by atoms with Gasteiger partial charge in [0, 0.05) is 0 Å². The minimum absolute atomic E-state index is 0.165. The number of benzene rings is 3. The van der Waals surface area contributed by atoms with Crippen molar-refractivity contribution in [1.82, 2.24) is 10.2 Å². The summed E-state index contributed by atoms with van der Waals surface area (Å²) in [7, 11) is -8.97. The van der Waals surface area contributed by atoms with E-state index in [4.69, 9.17) is 22.4 Å². The van der Waals surface area contributed by atoms with Crippen molar-refractivity contribution in [2.75, 3.05) is 13.2 Å². The molecular formula is C25H26F3N2O7PS. The first-order valence-electron chi connectivity index (χ1n) is 11.4. The summed E-state index contributed by atoms with van der Waals surface area (Å²) in [6.45, 7) is 3.78. The standard InChI is InChI=1S/C24H25N2O4P.CHF3O3S/c1-3-29-23(27)25-26(24(28)30-4-2)31(20-14-8-5-9-15-20,21-16-10-6-11-17-21)22-18-12-7-13-19-22;2-1(3,4)8(5,6)7/h5-19H,3-4H2,1-2H3;(H,5,6,7). The first-order chi connectivity index (χ1) is 18.4. The van der Waals surface area contributed by atoms with Gasteiger partial charge in [-0.3, -0.25) is 0 Å². The Kier molecular flexibility index (Phi) is 11.3. The van der Waals surface area contributed by atoms with Gasteiger partial charge in [0.25, 0.3) is 0 Å². The van der Waals surface area contributed by atoms with Crippen molar-refractivity contribution in [3.8, 4) is 0 Å². The summed E-state index contributed by atoms with van der Waals surface area (Å²) in [4.78, 5) is 25.8. The second-order valence-electron chi connectivity index (χ2n) is 7.38. The Labute approximate surface area is 224 Å². The van der Waals surface area contributed by atoms with Crippen molar-refractivity contribution in [2.45, 2.75) is 19.4 Å². The molecule has 9 nitrogen and oxygen atoms in total. The maximum absolute atomic E-state index is 13.3. The Bertz CT molecular complexity index is 1220. The third kappa shape index (κ3) is 7.92. The zero-order chi connectivity index (χ0) is 29.1. The number of carbonyl (C=O) groups excluding carboxylic acids is 2. The summed E-state index contributed by atoms with van der Waals surface area (Å²) in [6, 6.07) is 29.1. The average molecular weight is 587 g/mol. The van der Waals surface area contributed by atoms with Crippen LogP contribution >= 0.6 is 7.41 Å². The first kappa shape index (κ1) is 31.5. The van der Waals surface area contributed by atoms with Crippen molar-refractivity contribution >= 4 is 45.6 Å². The summed E-state index contributed by atoms with van der Waals surface area (Å²) in [5.74, 6) is 0. The Hall–Kier alpha value is -3.67. The van der Waals surface area contributed by atoms with E-state index >= 15 is 0 Å². The molecule has 0 spiro atoms. The highest BCUT2D eigenvalue weighted by Crippen LogP contribution is 2.58. The van der Waals surface area contributed by atoms with Gasteiger partial charge < -0.3 is 14.0 Å². The number of rotatable bonds is 6. The van der Waals surface area contributed by atoms with E-state index in [1.807, 2.05) is 91.0 Å². The van der Waals surface area contributed by atoms with Gasteiger partial charge in [0.15, 0.2) is 10.1 Å². The fourth-order valence-electron chi connectivity index (χ4n) is 3.40. The Morgan fingerprint density at radius 3 is 1.41 bits per heavy atom. The van der Waals surface area contributed by atoms with Crippen LogP contribution < -0.4 is 21.3 Å². The molecule has 0 saturated heterocycles. The second-order valence-corrected chi connectivity index (χ2v) is 12.0. The lowest BCUT2D eigenvalue weighted by atomic mass is 10.4. The zero-order valence-electron chi connectivity index (χ0n) is 20.9. The van der Waals surface area contributed by atoms with E-state index < -0.39 is 35.2 Å². The van der Waals surface area contributed by atoms with Crippen LogP contribution in [0.5, 0.6) is 0 Å². The second kappa shape index (κ2) is 13.9. The number of halogens is 3. The maximum atomic E-state index is 13.3. The molecule has 0 aliphatic carbocycles. The summed E-state index contributed by atoms with van der Waals surface area (Å²) in [6.07, 6.45) is -1.37. The summed E-state index contributed by atoms with van der Waals surface area (Å²) < 4.78 is 70.8. The monoisotopic (exact) mass is 586 g/mol. The molecular weight excluding hydrogens is 560 g/mol. The molecule has 0 heterocycles. The third-order valence-electron chi connectivity index (χ3n) is 4.89. The first-order valence-corrected chi connectivity index (χ1v) is 14.5. The van der Waals surface area contributed by atoms with E-state index in [-0.39, 0.29) is 13.2 Å². The number of carbonyl (C=O) groups is 2. The third-order valence-corrected chi connectivity index (χ3v) is 9.45. The number of hydrazine groups is 1. The molecule has 14 heteroatoms. The summed E-state index contributed by atoms with van der Waals surface area (Å²) in [5, 5.41) is 2.66. The summed E-state index contributed by atoms with van der Waals surface area (Å²) in [5.41, 5.74) is -2.96. The molecule has 0 fully saturated rings. The van der Waals surface area contributed by atoms with Gasteiger partial charge in [0.2, 0.25) is 7.41 Å². The van der Waals surface area contributed by atoms with Crippen molar-refractivity contribution in [3.63, 3.8) is 0 Å². The quantitative estimate of drug-likeness (QED) is 0.200. The SMILES string of the molecule is CCOC(=O)NN(C(=O)OCC)[P+](c1ccccc1)(c1ccccc1)c1ccccc1.O=S(=O)([O-])C(F)(F)F. The minimum atomic E-state index is -6.09. The molecule has 0 aromatic heterocycles. The van der Waals surface area contributed by atoms with E-state index in [1.165, 1.54) is 4.78 Å². The molecule has 0 radical (unpaired) electrons. The van der Waals surface area contributed by atoms with Gasteiger partial charge in [0.05, 0.1) is 13.2 Å². The van der Waals surface area contributed by atoms with Gasteiger partial charge in [-0.05, 0) is 50.2 Å². The molecule has 210 valence electrons. The molecule has 3 aromatic rings. The molecule has 3 aromatic carbocycles. The molecule has 0 aliphatic rings. The fraction of sp³-hybridized carbons (Fsp3) is 0.200. The van der Waals surface area contributed by atoms with Crippen molar-refractivity contribution in [2.24, 2.45) is 0 Å². The van der Waals surface area contributed by atoms with Crippen LogP contribution in [0.4, 0.5) is 22.8 Å². The van der Waals surface area contributed by atoms with E-state index in [0.29, 0.717) is 0 Å². The fourth-order valence-corrected chi connectivity index (χ4v) is 7.33. The van der Waals surface area contributed by atoms with Gasteiger partial charge in [-0.2, -0.15) is 18.6 Å². The largest absolute Gasteiger partial charge is 0.741 e. The smallest absolute Gasteiger partial charge is 0.485 e. The van der Waals surface area contributed by atoms with E-state index in [2.05, 4.69) is 5.43 Å². The molecule has 2 amide bonds. The number of ether oxygens (including phenoxy) is 2. The lowest BCUT2D eigenvalue weighted by molar-refractivity contribution is -0.0517. The Morgan fingerprint density at radius 1 is 0.795 bits per heavy atom. The minimum Gasteiger partial charge on any atom is -0.741 e. The number of hydrogen-bond donors (Lipinski definition) is 1.